The molecule has 3 fully saturated rings. The zero-order valence-corrected chi connectivity index (χ0v) is 21.0. The molecule has 6 heterocycles. The van der Waals surface area contributed by atoms with Crippen molar-refractivity contribution in [2.45, 2.75) is 69.6 Å². The summed E-state index contributed by atoms with van der Waals surface area (Å²) in [5.41, 5.74) is 2.01. The van der Waals surface area contributed by atoms with Crippen molar-refractivity contribution in [1.29, 1.82) is 0 Å². The van der Waals surface area contributed by atoms with E-state index in [1.807, 2.05) is 19.1 Å². The molecule has 0 amide bonds. The monoisotopic (exact) mass is 505 g/mol. The van der Waals surface area contributed by atoms with Crippen LogP contribution >= 0.6 is 0 Å². The van der Waals surface area contributed by atoms with E-state index in [4.69, 9.17) is 14.5 Å². The number of cyclic esters (lactones) is 1. The Morgan fingerprint density at radius 3 is 2.68 bits per heavy atom. The number of H-pyrrole nitrogens is 1. The summed E-state index contributed by atoms with van der Waals surface area (Å²) in [7, 11) is 1.36. The number of rotatable bonds is 6. The van der Waals surface area contributed by atoms with Crippen molar-refractivity contribution in [3.05, 3.63) is 35.7 Å². The summed E-state index contributed by atoms with van der Waals surface area (Å²) in [6, 6.07) is 6.22. The van der Waals surface area contributed by atoms with E-state index in [1.54, 1.807) is 6.07 Å². The first-order valence-corrected chi connectivity index (χ1v) is 12.9. The Hall–Kier alpha value is -3.73. The minimum atomic E-state index is -0.444. The first-order chi connectivity index (χ1) is 18.0. The number of aryl methyl sites for hydroxylation is 1. The SMILES string of the molecule is COC(=O)c1cnc2cc(Nc3cc(C)[nH]n3)nc(NC3C[C@H]4CC[C@@H](C3)N4C3CCCOC3=O)c2c1. The zero-order chi connectivity index (χ0) is 25.5. The van der Waals surface area contributed by atoms with E-state index in [0.29, 0.717) is 47.2 Å². The van der Waals surface area contributed by atoms with Crippen LogP contribution in [0.2, 0.25) is 0 Å². The van der Waals surface area contributed by atoms with Crippen molar-refractivity contribution in [3.8, 4) is 0 Å². The lowest BCUT2D eigenvalue weighted by molar-refractivity contribution is -0.157. The second kappa shape index (κ2) is 9.62. The van der Waals surface area contributed by atoms with Gasteiger partial charge in [-0.3, -0.25) is 19.8 Å². The third-order valence-corrected chi connectivity index (χ3v) is 7.69. The Bertz CT molecular complexity index is 1330. The summed E-state index contributed by atoms with van der Waals surface area (Å²) in [5.74, 6) is 1.40. The number of anilines is 3. The van der Waals surface area contributed by atoms with Crippen molar-refractivity contribution in [1.82, 2.24) is 25.1 Å². The van der Waals surface area contributed by atoms with E-state index in [2.05, 4.69) is 30.7 Å². The minimum absolute atomic E-state index is 0.0731. The van der Waals surface area contributed by atoms with E-state index in [-0.39, 0.29) is 18.1 Å². The summed E-state index contributed by atoms with van der Waals surface area (Å²) in [5, 5.41) is 14.8. The first kappa shape index (κ1) is 23.7. The van der Waals surface area contributed by atoms with Crippen LogP contribution in [0, 0.1) is 6.92 Å². The quantitative estimate of drug-likeness (QED) is 0.428. The van der Waals surface area contributed by atoms with Gasteiger partial charge in [-0.1, -0.05) is 0 Å². The number of carbonyl (C=O) groups excluding carboxylic acids is 2. The third kappa shape index (κ3) is 4.59. The van der Waals surface area contributed by atoms with Crippen LogP contribution in [0.5, 0.6) is 0 Å². The summed E-state index contributed by atoms with van der Waals surface area (Å²) in [4.78, 5) is 36.5. The molecule has 37 heavy (non-hydrogen) atoms. The van der Waals surface area contributed by atoms with Gasteiger partial charge in [-0.2, -0.15) is 5.10 Å². The van der Waals surface area contributed by atoms with Gasteiger partial charge in [-0.15, -0.1) is 0 Å². The number of methoxy groups -OCH3 is 1. The highest BCUT2D eigenvalue weighted by molar-refractivity contribution is 5.98. The lowest BCUT2D eigenvalue weighted by atomic mass is 9.93. The normalized spacial score (nSPS) is 25.6. The second-order valence-corrected chi connectivity index (χ2v) is 10.2. The van der Waals surface area contributed by atoms with Gasteiger partial charge in [0.1, 0.15) is 17.7 Å². The lowest BCUT2D eigenvalue weighted by Gasteiger charge is -2.43. The smallest absolute Gasteiger partial charge is 0.339 e. The molecule has 11 nitrogen and oxygen atoms in total. The number of nitrogens with zero attached hydrogens (tertiary/aromatic N) is 4. The molecule has 0 aliphatic carbocycles. The number of esters is 2. The molecule has 0 spiro atoms. The van der Waals surface area contributed by atoms with E-state index >= 15 is 0 Å². The van der Waals surface area contributed by atoms with Crippen molar-refractivity contribution in [2.75, 3.05) is 24.4 Å². The number of hydrogen-bond donors (Lipinski definition) is 3. The van der Waals surface area contributed by atoms with Crippen molar-refractivity contribution < 1.29 is 19.1 Å². The Kier molecular flexibility index (Phi) is 6.15. The fraction of sp³-hybridized carbons (Fsp3) is 0.500. The molecule has 3 aromatic heterocycles. The molecule has 0 aromatic carbocycles. The average molecular weight is 506 g/mol. The van der Waals surface area contributed by atoms with Crippen molar-refractivity contribution in [2.24, 2.45) is 0 Å². The number of pyridine rings is 2. The van der Waals surface area contributed by atoms with Gasteiger partial charge in [0, 0.05) is 47.5 Å². The van der Waals surface area contributed by atoms with E-state index in [9.17, 15) is 9.59 Å². The summed E-state index contributed by atoms with van der Waals surface area (Å²) >= 11 is 0. The van der Waals surface area contributed by atoms with Gasteiger partial charge in [0.25, 0.3) is 0 Å². The van der Waals surface area contributed by atoms with E-state index < -0.39 is 5.97 Å². The molecule has 11 heteroatoms. The van der Waals surface area contributed by atoms with Crippen molar-refractivity contribution in [3.63, 3.8) is 0 Å². The highest BCUT2D eigenvalue weighted by Gasteiger charge is 2.47. The number of aromatic nitrogens is 4. The van der Waals surface area contributed by atoms with Crippen LogP contribution in [-0.4, -0.2) is 74.9 Å². The molecular weight excluding hydrogens is 474 g/mol. The maximum absolute atomic E-state index is 12.5. The van der Waals surface area contributed by atoms with Gasteiger partial charge in [0.15, 0.2) is 5.82 Å². The third-order valence-electron chi connectivity index (χ3n) is 7.69. The van der Waals surface area contributed by atoms with Crippen LogP contribution in [0.4, 0.5) is 17.5 Å². The highest BCUT2D eigenvalue weighted by Crippen LogP contribution is 2.40. The van der Waals surface area contributed by atoms with Crippen LogP contribution in [-0.2, 0) is 14.3 Å². The molecule has 0 radical (unpaired) electrons. The van der Waals surface area contributed by atoms with Crippen molar-refractivity contribution >= 4 is 40.3 Å². The summed E-state index contributed by atoms with van der Waals surface area (Å²) < 4.78 is 10.3. The molecule has 6 rings (SSSR count). The first-order valence-electron chi connectivity index (χ1n) is 12.9. The predicted molar refractivity (Wildman–Crippen MR) is 137 cm³/mol. The highest BCUT2D eigenvalue weighted by atomic mass is 16.5. The number of aromatic amines is 1. The number of carbonyl (C=O) groups is 2. The molecule has 2 unspecified atom stereocenters. The molecular formula is C26H31N7O4. The topological polar surface area (TPSA) is 134 Å². The molecule has 3 N–H and O–H groups in total. The maximum atomic E-state index is 12.5. The van der Waals surface area contributed by atoms with Crippen LogP contribution in [0.1, 0.15) is 54.6 Å². The van der Waals surface area contributed by atoms with E-state index in [0.717, 1.165) is 49.6 Å². The number of ether oxygens (including phenoxy) is 2. The van der Waals surface area contributed by atoms with E-state index in [1.165, 1.54) is 13.3 Å². The zero-order valence-electron chi connectivity index (χ0n) is 21.0. The van der Waals surface area contributed by atoms with Gasteiger partial charge >= 0.3 is 11.9 Å². The standard InChI is InChI=1S/C26H31N7O4/c1-14-8-23(32-31-14)29-22-12-20-19(9-15(13-27-20)25(34)36-2)24(30-22)28-16-10-17-5-6-18(11-16)33(17)21-4-3-7-37-26(21)35/h8-9,12-13,16-18,21H,3-7,10-11H2,1-2H3,(H3,28,29,30,31,32)/t16?,17-,18+,21?. The number of fused-ring (bicyclic) bond motifs is 3. The Balaban J connectivity index is 1.29. The molecule has 3 aromatic rings. The Morgan fingerprint density at radius 1 is 1.16 bits per heavy atom. The fourth-order valence-electron chi connectivity index (χ4n) is 6.11. The van der Waals surface area contributed by atoms with Gasteiger partial charge in [-0.05, 0) is 51.5 Å². The fourth-order valence-corrected chi connectivity index (χ4v) is 6.11. The molecule has 3 aliphatic heterocycles. The molecule has 2 bridgehead atoms. The molecule has 3 aliphatic rings. The number of piperidine rings is 1. The molecule has 4 atom stereocenters. The summed E-state index contributed by atoms with van der Waals surface area (Å²) in [6.45, 7) is 2.47. The lowest BCUT2D eigenvalue weighted by Crippen LogP contribution is -2.55. The second-order valence-electron chi connectivity index (χ2n) is 10.2. The minimum Gasteiger partial charge on any atom is -0.465 e. The number of hydrogen-bond acceptors (Lipinski definition) is 10. The van der Waals surface area contributed by atoms with Crippen LogP contribution in [0.3, 0.4) is 0 Å². The molecule has 0 saturated carbocycles. The van der Waals surface area contributed by atoms with Gasteiger partial charge < -0.3 is 20.1 Å². The van der Waals surface area contributed by atoms with Gasteiger partial charge in [0.05, 0.1) is 24.8 Å². The largest absolute Gasteiger partial charge is 0.465 e. The Labute approximate surface area is 214 Å². The number of nitrogens with one attached hydrogen (secondary N) is 3. The molecule has 194 valence electrons. The Morgan fingerprint density at radius 2 is 1.97 bits per heavy atom. The predicted octanol–water partition coefficient (Wildman–Crippen LogP) is 3.30. The summed E-state index contributed by atoms with van der Waals surface area (Å²) in [6.07, 6.45) is 7.28. The van der Waals surface area contributed by atoms with Crippen LogP contribution < -0.4 is 10.6 Å². The van der Waals surface area contributed by atoms with Crippen LogP contribution in [0.15, 0.2) is 24.4 Å². The maximum Gasteiger partial charge on any atom is 0.339 e. The van der Waals surface area contributed by atoms with Gasteiger partial charge in [-0.25, -0.2) is 9.78 Å². The average Bonchev–Trinajstić information content (AvgIpc) is 3.42. The van der Waals surface area contributed by atoms with Crippen LogP contribution in [0.25, 0.3) is 10.9 Å². The van der Waals surface area contributed by atoms with Gasteiger partial charge in [0.2, 0.25) is 0 Å². The molecule has 3 saturated heterocycles.